The van der Waals surface area contributed by atoms with Crippen LogP contribution < -0.4 is 21.8 Å². The predicted molar refractivity (Wildman–Crippen MR) is 110 cm³/mol. The monoisotopic (exact) mass is 397 g/mol. The first-order chi connectivity index (χ1) is 13.8. The number of nitrogens with one attached hydrogen (secondary N) is 1. The summed E-state index contributed by atoms with van der Waals surface area (Å²) < 4.78 is 7.19. The van der Waals surface area contributed by atoms with E-state index in [1.54, 1.807) is 25.2 Å². The number of aromatic nitrogens is 4. The summed E-state index contributed by atoms with van der Waals surface area (Å²) in [6.07, 6.45) is 1.55. The number of nitrogens with two attached hydrogens (primary N) is 2. The predicted octanol–water partition coefficient (Wildman–Crippen LogP) is 1.09. The Bertz CT molecular complexity index is 1160. The molecule has 0 atom stereocenters. The maximum Gasteiger partial charge on any atom is 0.280 e. The van der Waals surface area contributed by atoms with Crippen molar-refractivity contribution in [3.05, 3.63) is 39.8 Å². The number of fused-ring (bicyclic) bond motifs is 1. The molecule has 0 spiro atoms. The van der Waals surface area contributed by atoms with Gasteiger partial charge in [0.1, 0.15) is 17.1 Å². The Kier molecular flexibility index (Phi) is 5.62. The van der Waals surface area contributed by atoms with E-state index >= 15 is 0 Å². The Balaban J connectivity index is 2.24. The van der Waals surface area contributed by atoms with Crippen molar-refractivity contribution in [1.29, 1.82) is 0 Å². The number of nitrogens with zero attached hydrogens (tertiary/aromatic N) is 4. The number of carbonyl (C=O) groups is 1. The molecule has 5 N–H and O–H groups in total. The van der Waals surface area contributed by atoms with Gasteiger partial charge in [-0.2, -0.15) is 10.1 Å². The Hall–Kier alpha value is -3.69. The van der Waals surface area contributed by atoms with Crippen LogP contribution in [0.2, 0.25) is 0 Å². The largest absolute Gasteiger partial charge is 0.493 e. The number of aryl methyl sites for hydroxylation is 2. The van der Waals surface area contributed by atoms with Crippen molar-refractivity contribution < 1.29 is 9.53 Å². The van der Waals surface area contributed by atoms with Crippen molar-refractivity contribution in [3.8, 4) is 17.1 Å². The second-order valence-electron chi connectivity index (χ2n) is 6.42. The topological polar surface area (TPSA) is 154 Å². The lowest BCUT2D eigenvalue weighted by Crippen LogP contribution is -2.24. The van der Waals surface area contributed by atoms with Crippen molar-refractivity contribution in [3.63, 3.8) is 0 Å². The highest BCUT2D eigenvalue weighted by Gasteiger charge is 2.18. The van der Waals surface area contributed by atoms with Crippen LogP contribution in [0.25, 0.3) is 22.4 Å². The highest BCUT2D eigenvalue weighted by atomic mass is 16.5. The molecular formula is C19H23N7O3. The van der Waals surface area contributed by atoms with Crippen LogP contribution in [0.4, 0.5) is 0 Å². The van der Waals surface area contributed by atoms with Crippen molar-refractivity contribution in [2.75, 3.05) is 6.61 Å². The van der Waals surface area contributed by atoms with E-state index in [0.29, 0.717) is 35.4 Å². The van der Waals surface area contributed by atoms with Gasteiger partial charge in [-0.3, -0.25) is 14.3 Å². The number of rotatable bonds is 6. The molecule has 0 radical (unpaired) electrons. The quantitative estimate of drug-likeness (QED) is 0.415. The van der Waals surface area contributed by atoms with Crippen LogP contribution in [0.5, 0.6) is 5.75 Å². The fourth-order valence-electron chi connectivity index (χ4n) is 3.09. The summed E-state index contributed by atoms with van der Waals surface area (Å²) in [6.45, 7) is 4.26. The minimum Gasteiger partial charge on any atom is -0.493 e. The molecule has 10 nitrogen and oxygen atoms in total. The number of carbonyl (C=O) groups excluding carboxylic acids is 1. The number of aliphatic imine (C=N–C) groups is 1. The minimum absolute atomic E-state index is 0.236. The van der Waals surface area contributed by atoms with E-state index < -0.39 is 5.91 Å². The minimum atomic E-state index is -0.606. The third kappa shape index (κ3) is 3.96. The van der Waals surface area contributed by atoms with Gasteiger partial charge in [0.25, 0.3) is 11.5 Å². The third-order valence-electron chi connectivity index (χ3n) is 4.26. The van der Waals surface area contributed by atoms with E-state index in [0.717, 1.165) is 12.1 Å². The van der Waals surface area contributed by atoms with Crippen molar-refractivity contribution in [1.82, 2.24) is 19.7 Å². The van der Waals surface area contributed by atoms with Crippen LogP contribution in [0, 0.1) is 0 Å². The molecule has 0 aliphatic carbocycles. The molecule has 1 aromatic carbocycles. The summed E-state index contributed by atoms with van der Waals surface area (Å²) in [4.78, 5) is 35.9. The number of H-pyrrole nitrogens is 1. The third-order valence-corrected chi connectivity index (χ3v) is 4.26. The molecule has 10 heteroatoms. The molecular weight excluding hydrogens is 374 g/mol. The van der Waals surface area contributed by atoms with Gasteiger partial charge in [-0.15, -0.1) is 0 Å². The van der Waals surface area contributed by atoms with Crippen molar-refractivity contribution in [2.45, 2.75) is 26.7 Å². The average Bonchev–Trinajstić information content (AvgIpc) is 2.98. The molecule has 0 saturated heterocycles. The molecule has 0 aliphatic heterocycles. The summed E-state index contributed by atoms with van der Waals surface area (Å²) in [5, 5.41) is 4.42. The van der Waals surface area contributed by atoms with Gasteiger partial charge >= 0.3 is 0 Å². The van der Waals surface area contributed by atoms with Crippen LogP contribution in [-0.4, -0.2) is 38.2 Å². The molecule has 152 valence electrons. The molecule has 29 heavy (non-hydrogen) atoms. The standard InChI is InChI=1S/C19H23N7O3/c1-4-6-12-14-15(26(3)25-12)18(28)23-16(22-14)11-9-10(17(27)24-19(20)21)7-8-13(11)29-5-2/h7-9H,4-6H2,1-3H3,(H,22,23,28)(H4,20,21,24,27). The van der Waals surface area contributed by atoms with Crippen LogP contribution in [0.15, 0.2) is 28.0 Å². The first-order valence-electron chi connectivity index (χ1n) is 9.22. The van der Waals surface area contributed by atoms with Gasteiger partial charge in [0, 0.05) is 12.6 Å². The van der Waals surface area contributed by atoms with Gasteiger partial charge in [0.05, 0.1) is 17.9 Å². The lowest BCUT2D eigenvalue weighted by molar-refractivity contribution is 0.100. The molecule has 0 bridgehead atoms. The fraction of sp³-hybridized carbons (Fsp3) is 0.316. The van der Waals surface area contributed by atoms with E-state index in [-0.39, 0.29) is 22.9 Å². The number of guanidine groups is 1. The van der Waals surface area contributed by atoms with Gasteiger partial charge in [0.2, 0.25) is 0 Å². The molecule has 0 fully saturated rings. The SMILES string of the molecule is CCCc1nn(C)c2c(=O)[nH]c(-c3cc(C(=O)N=C(N)N)ccc3OCC)nc12. The molecule has 3 rings (SSSR count). The van der Waals surface area contributed by atoms with Gasteiger partial charge < -0.3 is 21.2 Å². The average molecular weight is 397 g/mol. The van der Waals surface area contributed by atoms with Crippen LogP contribution >= 0.6 is 0 Å². The van der Waals surface area contributed by atoms with Gasteiger partial charge in [-0.1, -0.05) is 13.3 Å². The van der Waals surface area contributed by atoms with E-state index in [2.05, 4.69) is 20.1 Å². The summed E-state index contributed by atoms with van der Waals surface area (Å²) in [5.74, 6) is -0.198. The Morgan fingerprint density at radius 1 is 1.31 bits per heavy atom. The summed E-state index contributed by atoms with van der Waals surface area (Å²) >= 11 is 0. The highest BCUT2D eigenvalue weighted by molar-refractivity contribution is 6.02. The maximum absolute atomic E-state index is 12.7. The zero-order valence-corrected chi connectivity index (χ0v) is 16.5. The zero-order valence-electron chi connectivity index (χ0n) is 16.5. The molecule has 0 aliphatic rings. The van der Waals surface area contributed by atoms with E-state index in [4.69, 9.17) is 16.2 Å². The van der Waals surface area contributed by atoms with Crippen molar-refractivity contribution >= 4 is 22.9 Å². The molecule has 3 aromatic rings. The highest BCUT2D eigenvalue weighted by Crippen LogP contribution is 2.30. The second-order valence-corrected chi connectivity index (χ2v) is 6.42. The lowest BCUT2D eigenvalue weighted by atomic mass is 10.1. The molecule has 0 saturated carbocycles. The number of hydrogen-bond donors (Lipinski definition) is 3. The maximum atomic E-state index is 12.7. The Labute approximate surface area is 166 Å². The first-order valence-corrected chi connectivity index (χ1v) is 9.22. The molecule has 2 aromatic heterocycles. The van der Waals surface area contributed by atoms with Crippen LogP contribution in [-0.2, 0) is 13.5 Å². The van der Waals surface area contributed by atoms with Crippen LogP contribution in [0.3, 0.4) is 0 Å². The lowest BCUT2D eigenvalue weighted by Gasteiger charge is -2.11. The van der Waals surface area contributed by atoms with E-state index in [1.807, 2.05) is 13.8 Å². The fourth-order valence-corrected chi connectivity index (χ4v) is 3.09. The smallest absolute Gasteiger partial charge is 0.280 e. The summed E-state index contributed by atoms with van der Waals surface area (Å²) in [6, 6.07) is 4.71. The number of benzene rings is 1. The number of amides is 1. The number of ether oxygens (including phenoxy) is 1. The molecule has 0 unspecified atom stereocenters. The van der Waals surface area contributed by atoms with Gasteiger partial charge in [-0.05, 0) is 31.5 Å². The first kappa shape index (κ1) is 20.1. The normalized spacial score (nSPS) is 10.9. The molecule has 2 heterocycles. The Morgan fingerprint density at radius 2 is 2.07 bits per heavy atom. The molecule has 1 amide bonds. The summed E-state index contributed by atoms with van der Waals surface area (Å²) in [7, 11) is 1.71. The van der Waals surface area contributed by atoms with Crippen LogP contribution in [0.1, 0.15) is 36.3 Å². The number of aromatic amines is 1. The van der Waals surface area contributed by atoms with Gasteiger partial charge in [-0.25, -0.2) is 4.98 Å². The van der Waals surface area contributed by atoms with Crippen molar-refractivity contribution in [2.24, 2.45) is 23.5 Å². The second kappa shape index (κ2) is 8.13. The van der Waals surface area contributed by atoms with E-state index in [9.17, 15) is 9.59 Å². The van der Waals surface area contributed by atoms with Gasteiger partial charge in [0.15, 0.2) is 11.5 Å². The van der Waals surface area contributed by atoms with E-state index in [1.165, 1.54) is 4.68 Å². The zero-order chi connectivity index (χ0) is 21.1. The summed E-state index contributed by atoms with van der Waals surface area (Å²) in [5.41, 5.74) is 12.6. The number of hydrogen-bond acceptors (Lipinski definition) is 5. The Morgan fingerprint density at radius 3 is 2.72 bits per heavy atom.